The zero-order valence-corrected chi connectivity index (χ0v) is 31.2. The van der Waals surface area contributed by atoms with Crippen molar-refractivity contribution in [2.24, 2.45) is 0 Å². The first-order valence-corrected chi connectivity index (χ1v) is 18.0. The zero-order valence-electron chi connectivity index (χ0n) is 31.2. The second-order valence-corrected chi connectivity index (χ2v) is 11.9. The lowest BCUT2D eigenvalue weighted by Crippen LogP contribution is -2.18. The van der Waals surface area contributed by atoms with E-state index in [9.17, 15) is 9.59 Å². The van der Waals surface area contributed by atoms with Gasteiger partial charge in [-0.1, -0.05) is 65.5 Å². The van der Waals surface area contributed by atoms with Gasteiger partial charge < -0.3 is 28.4 Å². The largest absolute Gasteiger partial charge is 0.493 e. The van der Waals surface area contributed by atoms with Crippen LogP contribution in [0.15, 0.2) is 60.7 Å². The lowest BCUT2D eigenvalue weighted by molar-refractivity contribution is -0.142. The van der Waals surface area contributed by atoms with Crippen LogP contribution in [-0.2, 0) is 31.9 Å². The van der Waals surface area contributed by atoms with E-state index in [-0.39, 0.29) is 24.4 Å². The predicted molar refractivity (Wildman–Crippen MR) is 202 cm³/mol. The van der Waals surface area contributed by atoms with Crippen molar-refractivity contribution in [1.29, 1.82) is 0 Å². The molecular formula is C42H58O8. The molecule has 0 heterocycles. The number of hydrogen-bond acceptors (Lipinski definition) is 8. The lowest BCUT2D eigenvalue weighted by Gasteiger charge is -2.17. The summed E-state index contributed by atoms with van der Waals surface area (Å²) in [5, 5.41) is 0. The Morgan fingerprint density at radius 2 is 0.940 bits per heavy atom. The van der Waals surface area contributed by atoms with E-state index in [0.29, 0.717) is 73.0 Å². The van der Waals surface area contributed by atoms with Crippen LogP contribution in [0, 0.1) is 0 Å². The smallest absolute Gasteiger partial charge is 0.339 e. The van der Waals surface area contributed by atoms with Gasteiger partial charge in [-0.25, -0.2) is 9.59 Å². The topological polar surface area (TPSA) is 89.5 Å². The molecule has 0 unspecified atom stereocenters. The summed E-state index contributed by atoms with van der Waals surface area (Å²) >= 11 is 0. The van der Waals surface area contributed by atoms with E-state index in [2.05, 4.69) is 27.0 Å². The highest BCUT2D eigenvalue weighted by Crippen LogP contribution is 2.37. The third kappa shape index (κ3) is 13.1. The van der Waals surface area contributed by atoms with Gasteiger partial charge in [0.2, 0.25) is 0 Å². The minimum Gasteiger partial charge on any atom is -0.493 e. The fraction of sp³-hybridized carbons (Fsp3) is 0.476. The van der Waals surface area contributed by atoms with Gasteiger partial charge in [0.05, 0.1) is 51.8 Å². The van der Waals surface area contributed by atoms with Crippen LogP contribution in [0.3, 0.4) is 0 Å². The Morgan fingerprint density at radius 1 is 0.580 bits per heavy atom. The molecule has 0 saturated heterocycles. The molecule has 0 N–H and O–H groups in total. The Bertz CT molecular complexity index is 1340. The SMILES string of the molecule is C=CCc1cc(/C=C(C(=O)OCCCC)/C(=C/c2cc(CC=C)c(OCCCC)c(OC)c2)C(=O)OCCCC)cc(OC)c1OCCCC. The molecule has 0 radical (unpaired) electrons. The number of carbonyl (C=O) groups is 2. The molecule has 274 valence electrons. The summed E-state index contributed by atoms with van der Waals surface area (Å²) in [6, 6.07) is 7.42. The van der Waals surface area contributed by atoms with Crippen molar-refractivity contribution in [2.75, 3.05) is 40.6 Å². The minimum atomic E-state index is -0.637. The highest BCUT2D eigenvalue weighted by atomic mass is 16.5. The van der Waals surface area contributed by atoms with Gasteiger partial charge >= 0.3 is 11.9 Å². The number of ether oxygens (including phenoxy) is 6. The second-order valence-electron chi connectivity index (χ2n) is 11.9. The molecule has 50 heavy (non-hydrogen) atoms. The molecular weight excluding hydrogens is 632 g/mol. The lowest BCUT2D eigenvalue weighted by atomic mass is 9.97. The molecule has 0 bridgehead atoms. The van der Waals surface area contributed by atoms with Gasteiger partial charge in [0.15, 0.2) is 23.0 Å². The van der Waals surface area contributed by atoms with Crippen molar-refractivity contribution >= 4 is 24.1 Å². The van der Waals surface area contributed by atoms with E-state index in [1.54, 1.807) is 50.7 Å². The van der Waals surface area contributed by atoms with Crippen molar-refractivity contribution < 1.29 is 38.0 Å². The second kappa shape index (κ2) is 23.8. The summed E-state index contributed by atoms with van der Waals surface area (Å²) in [6.07, 6.45) is 14.7. The molecule has 0 aliphatic rings. The molecule has 0 amide bonds. The first kappa shape index (κ1) is 41.7. The molecule has 0 aromatic heterocycles. The molecule has 2 aromatic rings. The number of rotatable bonds is 25. The highest BCUT2D eigenvalue weighted by molar-refractivity contribution is 6.12. The van der Waals surface area contributed by atoms with E-state index in [4.69, 9.17) is 28.4 Å². The summed E-state index contributed by atoms with van der Waals surface area (Å²) in [4.78, 5) is 27.8. The molecule has 0 fully saturated rings. The quantitative estimate of drug-likeness (QED) is 0.0335. The molecule has 0 spiro atoms. The van der Waals surface area contributed by atoms with Gasteiger partial charge in [-0.3, -0.25) is 0 Å². The van der Waals surface area contributed by atoms with Gasteiger partial charge in [0, 0.05) is 11.1 Å². The Labute approximate surface area is 300 Å². The molecule has 8 nitrogen and oxygen atoms in total. The Morgan fingerprint density at radius 3 is 1.26 bits per heavy atom. The number of carbonyl (C=O) groups excluding carboxylic acids is 2. The first-order chi connectivity index (χ1) is 24.3. The van der Waals surface area contributed by atoms with Crippen LogP contribution < -0.4 is 18.9 Å². The number of methoxy groups -OCH3 is 2. The number of allylic oxidation sites excluding steroid dienone is 2. The molecule has 0 saturated carbocycles. The summed E-state index contributed by atoms with van der Waals surface area (Å²) in [5.41, 5.74) is 3.05. The van der Waals surface area contributed by atoms with Crippen LogP contribution in [0.5, 0.6) is 23.0 Å². The maximum atomic E-state index is 13.9. The van der Waals surface area contributed by atoms with Gasteiger partial charge in [0.1, 0.15) is 0 Å². The third-order valence-electron chi connectivity index (χ3n) is 7.78. The maximum absolute atomic E-state index is 13.9. The Hall–Kier alpha value is -4.46. The van der Waals surface area contributed by atoms with Crippen LogP contribution in [0.25, 0.3) is 12.2 Å². The average Bonchev–Trinajstić information content (AvgIpc) is 3.11. The molecule has 8 heteroatoms. The van der Waals surface area contributed by atoms with Crippen molar-refractivity contribution in [1.82, 2.24) is 0 Å². The molecule has 2 rings (SSSR count). The summed E-state index contributed by atoms with van der Waals surface area (Å²) in [7, 11) is 3.15. The molecule has 0 aliphatic heterocycles. The van der Waals surface area contributed by atoms with Gasteiger partial charge in [0.25, 0.3) is 0 Å². The van der Waals surface area contributed by atoms with Crippen molar-refractivity contribution in [3.63, 3.8) is 0 Å². The van der Waals surface area contributed by atoms with Gasteiger partial charge in [-0.05, 0) is 86.1 Å². The van der Waals surface area contributed by atoms with Crippen molar-refractivity contribution in [3.8, 4) is 23.0 Å². The van der Waals surface area contributed by atoms with Gasteiger partial charge in [-0.15, -0.1) is 13.2 Å². The van der Waals surface area contributed by atoms with E-state index in [1.807, 2.05) is 26.0 Å². The number of benzene rings is 2. The first-order valence-electron chi connectivity index (χ1n) is 18.0. The maximum Gasteiger partial charge on any atom is 0.339 e. The van der Waals surface area contributed by atoms with Crippen LogP contribution in [-0.4, -0.2) is 52.6 Å². The van der Waals surface area contributed by atoms with E-state index in [0.717, 1.165) is 49.7 Å². The molecule has 0 atom stereocenters. The monoisotopic (exact) mass is 690 g/mol. The normalized spacial score (nSPS) is 11.5. The van der Waals surface area contributed by atoms with Crippen LogP contribution in [0.2, 0.25) is 0 Å². The van der Waals surface area contributed by atoms with Crippen LogP contribution in [0.1, 0.15) is 101 Å². The van der Waals surface area contributed by atoms with Crippen LogP contribution >= 0.6 is 0 Å². The van der Waals surface area contributed by atoms with Gasteiger partial charge in [-0.2, -0.15) is 0 Å². The van der Waals surface area contributed by atoms with E-state index in [1.165, 1.54) is 0 Å². The summed E-state index contributed by atoms with van der Waals surface area (Å²) in [5.74, 6) is 1.01. The highest BCUT2D eigenvalue weighted by Gasteiger charge is 2.25. The fourth-order valence-electron chi connectivity index (χ4n) is 5.02. The molecule has 2 aromatic carbocycles. The van der Waals surface area contributed by atoms with Crippen LogP contribution in [0.4, 0.5) is 0 Å². The van der Waals surface area contributed by atoms with E-state index < -0.39 is 11.9 Å². The number of hydrogen-bond donors (Lipinski definition) is 0. The Balaban J connectivity index is 2.90. The van der Waals surface area contributed by atoms with Crippen molar-refractivity contribution in [2.45, 2.75) is 91.9 Å². The number of unbranched alkanes of at least 4 members (excludes halogenated alkanes) is 4. The third-order valence-corrected chi connectivity index (χ3v) is 7.78. The summed E-state index contributed by atoms with van der Waals surface area (Å²) < 4.78 is 35.3. The number of esters is 2. The average molecular weight is 691 g/mol. The molecule has 0 aliphatic carbocycles. The predicted octanol–water partition coefficient (Wildman–Crippen LogP) is 9.67. The summed E-state index contributed by atoms with van der Waals surface area (Å²) in [6.45, 7) is 17.6. The standard InChI is InChI=1S/C42H58O8/c1-9-15-21-47-39-33(19-13-5)25-31(29-37(39)45-7)27-35(41(43)49-23-17-11-3)36(42(44)50-24-18-12-4)28-32-26-34(20-14-6)40(38(30-32)46-8)48-22-16-10-2/h13-14,25-30H,5-6,9-12,15-24H2,1-4,7-8H3/b35-27-,36-28-. The fourth-order valence-corrected chi connectivity index (χ4v) is 5.02. The Kier molecular flexibility index (Phi) is 19.9. The van der Waals surface area contributed by atoms with E-state index >= 15 is 0 Å². The zero-order chi connectivity index (χ0) is 36.7. The minimum absolute atomic E-state index is 0.0568. The van der Waals surface area contributed by atoms with Crippen molar-refractivity contribution in [3.05, 3.63) is 83.0 Å².